The van der Waals surface area contributed by atoms with Crippen LogP contribution in [0.3, 0.4) is 0 Å². The van der Waals surface area contributed by atoms with E-state index in [0.29, 0.717) is 18.2 Å². The molecule has 0 radical (unpaired) electrons. The molecule has 0 N–H and O–H groups in total. The van der Waals surface area contributed by atoms with E-state index < -0.39 is 6.04 Å². The van der Waals surface area contributed by atoms with Gasteiger partial charge >= 0.3 is 5.91 Å². The maximum Gasteiger partial charge on any atom is 0.310 e. The van der Waals surface area contributed by atoms with E-state index in [9.17, 15) is 4.79 Å². The number of nitrogens with zero attached hydrogens (tertiary/aromatic N) is 3. The Morgan fingerprint density at radius 2 is 2.00 bits per heavy atom. The second-order valence-corrected chi connectivity index (χ2v) is 8.27. The SMILES string of the molecule is CCOc1ccc2cc(C3CC(c4ccc(C)cc4)=NN3C(=O)c3ccco3)c(Cl)nc2c1. The molecule has 1 amide bonds. The van der Waals surface area contributed by atoms with Gasteiger partial charge in [0.15, 0.2) is 5.76 Å². The number of halogens is 1. The molecule has 4 aromatic rings. The van der Waals surface area contributed by atoms with Crippen molar-refractivity contribution in [1.82, 2.24) is 9.99 Å². The molecule has 1 atom stereocenters. The molecule has 0 bridgehead atoms. The third-order valence-electron chi connectivity index (χ3n) is 5.67. The molecule has 0 fully saturated rings. The third-order valence-corrected chi connectivity index (χ3v) is 5.98. The number of ether oxygens (including phenoxy) is 1. The first-order chi connectivity index (χ1) is 16.0. The molecule has 0 saturated heterocycles. The van der Waals surface area contributed by atoms with Crippen LogP contribution in [0, 0.1) is 6.92 Å². The number of furan rings is 1. The number of pyridine rings is 1. The first-order valence-corrected chi connectivity index (χ1v) is 11.2. The Kier molecular flexibility index (Phi) is 5.60. The first-order valence-electron chi connectivity index (χ1n) is 10.8. The summed E-state index contributed by atoms with van der Waals surface area (Å²) >= 11 is 6.66. The van der Waals surface area contributed by atoms with Crippen molar-refractivity contribution in [3.05, 3.63) is 94.5 Å². The summed E-state index contributed by atoms with van der Waals surface area (Å²) in [6, 6.07) is 18.7. The highest BCUT2D eigenvalue weighted by Crippen LogP contribution is 2.38. The number of fused-ring (bicyclic) bond motifs is 1. The lowest BCUT2D eigenvalue weighted by Crippen LogP contribution is -2.27. The number of hydrazone groups is 1. The number of rotatable bonds is 5. The fourth-order valence-corrected chi connectivity index (χ4v) is 4.27. The predicted octanol–water partition coefficient (Wildman–Crippen LogP) is 6.18. The number of carbonyl (C=O) groups is 1. The van der Waals surface area contributed by atoms with Gasteiger partial charge in [-0.3, -0.25) is 4.79 Å². The highest BCUT2D eigenvalue weighted by Gasteiger charge is 2.36. The number of aromatic nitrogens is 1. The molecule has 0 saturated carbocycles. The van der Waals surface area contributed by atoms with Crippen LogP contribution in [0.1, 0.15) is 46.6 Å². The van der Waals surface area contributed by atoms with Crippen LogP contribution in [0.5, 0.6) is 5.75 Å². The molecule has 2 aromatic carbocycles. The van der Waals surface area contributed by atoms with Crippen molar-refractivity contribution < 1.29 is 13.9 Å². The summed E-state index contributed by atoms with van der Waals surface area (Å²) in [5.41, 5.74) is 4.40. The molecule has 1 aliphatic heterocycles. The quantitative estimate of drug-likeness (QED) is 0.334. The Hall–Kier alpha value is -3.64. The normalized spacial score (nSPS) is 15.7. The van der Waals surface area contributed by atoms with Gasteiger partial charge in [-0.05, 0) is 49.7 Å². The largest absolute Gasteiger partial charge is 0.494 e. The molecular formula is C26H22ClN3O3. The minimum absolute atomic E-state index is 0.222. The van der Waals surface area contributed by atoms with Gasteiger partial charge in [0.05, 0.1) is 30.1 Å². The molecule has 7 heteroatoms. The monoisotopic (exact) mass is 459 g/mol. The van der Waals surface area contributed by atoms with E-state index in [1.165, 1.54) is 11.3 Å². The fourth-order valence-electron chi connectivity index (χ4n) is 4.00. The van der Waals surface area contributed by atoms with Crippen LogP contribution in [0.15, 0.2) is 76.4 Å². The Bertz CT molecular complexity index is 1350. The number of hydrogen-bond acceptors (Lipinski definition) is 5. The molecule has 1 unspecified atom stereocenters. The van der Waals surface area contributed by atoms with E-state index in [-0.39, 0.29) is 11.7 Å². The van der Waals surface area contributed by atoms with Crippen molar-refractivity contribution in [3.8, 4) is 5.75 Å². The van der Waals surface area contributed by atoms with Crippen LogP contribution in [0.2, 0.25) is 5.15 Å². The number of benzene rings is 2. The van der Waals surface area contributed by atoms with Crippen molar-refractivity contribution in [2.24, 2.45) is 5.10 Å². The van der Waals surface area contributed by atoms with E-state index in [4.69, 9.17) is 25.9 Å². The molecular weight excluding hydrogens is 438 g/mol. The second-order valence-electron chi connectivity index (χ2n) is 7.92. The number of amides is 1. The lowest BCUT2D eigenvalue weighted by atomic mass is 9.98. The van der Waals surface area contributed by atoms with E-state index in [0.717, 1.165) is 39.1 Å². The van der Waals surface area contributed by atoms with Gasteiger partial charge in [-0.1, -0.05) is 41.4 Å². The number of hydrogen-bond donors (Lipinski definition) is 0. The van der Waals surface area contributed by atoms with Crippen LogP contribution in [-0.4, -0.2) is 28.2 Å². The van der Waals surface area contributed by atoms with Crippen molar-refractivity contribution in [2.75, 3.05) is 6.61 Å². The summed E-state index contributed by atoms with van der Waals surface area (Å²) in [5, 5.41) is 7.39. The summed E-state index contributed by atoms with van der Waals surface area (Å²) in [7, 11) is 0. The van der Waals surface area contributed by atoms with Crippen LogP contribution < -0.4 is 4.74 Å². The molecule has 5 rings (SSSR count). The van der Waals surface area contributed by atoms with Gasteiger partial charge in [-0.2, -0.15) is 5.10 Å². The summed E-state index contributed by atoms with van der Waals surface area (Å²) in [6.07, 6.45) is 1.99. The van der Waals surface area contributed by atoms with Gasteiger partial charge in [0, 0.05) is 23.4 Å². The van der Waals surface area contributed by atoms with Gasteiger partial charge < -0.3 is 9.15 Å². The number of aryl methyl sites for hydroxylation is 1. The highest BCUT2D eigenvalue weighted by molar-refractivity contribution is 6.30. The minimum atomic E-state index is -0.408. The van der Waals surface area contributed by atoms with E-state index in [2.05, 4.69) is 4.98 Å². The Labute approximate surface area is 196 Å². The van der Waals surface area contributed by atoms with Crippen LogP contribution in [-0.2, 0) is 0 Å². The van der Waals surface area contributed by atoms with Crippen molar-refractivity contribution in [2.45, 2.75) is 26.3 Å². The van der Waals surface area contributed by atoms with Crippen LogP contribution >= 0.6 is 11.6 Å². The molecule has 2 aromatic heterocycles. The summed E-state index contributed by atoms with van der Waals surface area (Å²) in [4.78, 5) is 17.9. The predicted molar refractivity (Wildman–Crippen MR) is 128 cm³/mol. The Morgan fingerprint density at radius 3 is 2.73 bits per heavy atom. The van der Waals surface area contributed by atoms with Gasteiger partial charge in [-0.25, -0.2) is 9.99 Å². The zero-order valence-corrected chi connectivity index (χ0v) is 19.0. The zero-order valence-electron chi connectivity index (χ0n) is 18.3. The van der Waals surface area contributed by atoms with Crippen molar-refractivity contribution in [1.29, 1.82) is 0 Å². The molecule has 166 valence electrons. The van der Waals surface area contributed by atoms with Gasteiger partial charge in [0.25, 0.3) is 0 Å². The van der Waals surface area contributed by atoms with E-state index in [1.54, 1.807) is 12.1 Å². The minimum Gasteiger partial charge on any atom is -0.494 e. The lowest BCUT2D eigenvalue weighted by Gasteiger charge is -2.22. The maximum atomic E-state index is 13.3. The average molecular weight is 460 g/mol. The average Bonchev–Trinajstić information content (AvgIpc) is 3.50. The topological polar surface area (TPSA) is 67.9 Å². The molecule has 0 aliphatic carbocycles. The van der Waals surface area contributed by atoms with E-state index in [1.807, 2.05) is 62.4 Å². The molecule has 1 aliphatic rings. The summed E-state index contributed by atoms with van der Waals surface area (Å²) in [6.45, 7) is 4.54. The lowest BCUT2D eigenvalue weighted by molar-refractivity contribution is 0.0678. The van der Waals surface area contributed by atoms with Gasteiger partial charge in [0.1, 0.15) is 10.9 Å². The summed E-state index contributed by atoms with van der Waals surface area (Å²) < 4.78 is 10.9. The molecule has 3 heterocycles. The second kappa shape index (κ2) is 8.71. The maximum absolute atomic E-state index is 13.3. The third kappa shape index (κ3) is 4.10. The zero-order chi connectivity index (χ0) is 22.9. The number of carbonyl (C=O) groups excluding carboxylic acids is 1. The van der Waals surface area contributed by atoms with Crippen molar-refractivity contribution in [3.63, 3.8) is 0 Å². The van der Waals surface area contributed by atoms with E-state index >= 15 is 0 Å². The Balaban J connectivity index is 1.56. The smallest absolute Gasteiger partial charge is 0.310 e. The standard InChI is InChI=1S/C26H22ClN3O3/c1-3-32-19-11-10-18-13-20(25(27)28-21(18)14-19)23-15-22(17-8-6-16(2)7-9-17)29-30(23)26(31)24-5-4-12-33-24/h4-14,23H,3,15H2,1-2H3. The van der Waals surface area contributed by atoms with Crippen LogP contribution in [0.4, 0.5) is 0 Å². The summed E-state index contributed by atoms with van der Waals surface area (Å²) in [5.74, 6) is 0.636. The molecule has 6 nitrogen and oxygen atoms in total. The molecule has 0 spiro atoms. The van der Waals surface area contributed by atoms with Crippen molar-refractivity contribution >= 4 is 34.1 Å². The fraction of sp³-hybridized carbons (Fsp3) is 0.192. The van der Waals surface area contributed by atoms with Gasteiger partial charge in [-0.15, -0.1) is 0 Å². The van der Waals surface area contributed by atoms with Gasteiger partial charge in [0.2, 0.25) is 0 Å². The Morgan fingerprint density at radius 1 is 1.18 bits per heavy atom. The van der Waals surface area contributed by atoms with Crippen LogP contribution in [0.25, 0.3) is 10.9 Å². The molecule has 33 heavy (non-hydrogen) atoms. The first kappa shape index (κ1) is 21.2. The highest BCUT2D eigenvalue weighted by atomic mass is 35.5.